The first-order valence-electron chi connectivity index (χ1n) is 7.27. The molecule has 0 radical (unpaired) electrons. The molecule has 4 N–H and O–H groups in total. The Kier molecular flexibility index (Phi) is 6.56. The van der Waals surface area contributed by atoms with Crippen LogP contribution in [0.2, 0.25) is 0 Å². The Morgan fingerprint density at radius 1 is 1.04 bits per heavy atom. The van der Waals surface area contributed by atoms with Crippen molar-refractivity contribution in [3.63, 3.8) is 0 Å². The van der Waals surface area contributed by atoms with Gasteiger partial charge in [-0.3, -0.25) is 15.3 Å². The Bertz CT molecular complexity index is 602. The second-order valence-electron chi connectivity index (χ2n) is 5.01. The molecule has 23 heavy (non-hydrogen) atoms. The maximum atomic E-state index is 11.2. The zero-order valence-electron chi connectivity index (χ0n) is 12.6. The number of hydroxylamine groups is 1. The Balaban J connectivity index is 1.83. The van der Waals surface area contributed by atoms with Gasteiger partial charge in [-0.25, -0.2) is 5.48 Å². The molecular formula is C17H20N2O4. The SMILES string of the molecule is O=C(NO)[C@H](CO)NCc1ccc(OCc2ccccc2)cc1. The lowest BCUT2D eigenvalue weighted by atomic mass is 10.2. The fourth-order valence-corrected chi connectivity index (χ4v) is 2.00. The zero-order chi connectivity index (χ0) is 16.5. The summed E-state index contributed by atoms with van der Waals surface area (Å²) >= 11 is 0. The molecule has 2 aromatic carbocycles. The summed E-state index contributed by atoms with van der Waals surface area (Å²) in [5.74, 6) is 0.0831. The van der Waals surface area contributed by atoms with E-state index in [2.05, 4.69) is 5.32 Å². The van der Waals surface area contributed by atoms with Crippen molar-refractivity contribution in [2.75, 3.05) is 6.61 Å². The summed E-state index contributed by atoms with van der Waals surface area (Å²) < 4.78 is 5.69. The van der Waals surface area contributed by atoms with Crippen LogP contribution in [0.3, 0.4) is 0 Å². The Morgan fingerprint density at radius 2 is 1.74 bits per heavy atom. The van der Waals surface area contributed by atoms with E-state index in [-0.39, 0.29) is 0 Å². The maximum absolute atomic E-state index is 11.2. The first-order chi connectivity index (χ1) is 11.2. The molecule has 2 rings (SSSR count). The summed E-state index contributed by atoms with van der Waals surface area (Å²) in [4.78, 5) is 11.2. The first kappa shape index (κ1) is 17.0. The number of ether oxygens (including phenoxy) is 1. The molecule has 0 aliphatic heterocycles. The molecule has 0 bridgehead atoms. The number of aliphatic hydroxyl groups excluding tert-OH is 1. The van der Waals surface area contributed by atoms with Gasteiger partial charge in [0.1, 0.15) is 18.4 Å². The average molecular weight is 316 g/mol. The van der Waals surface area contributed by atoms with Crippen molar-refractivity contribution in [2.45, 2.75) is 19.2 Å². The molecule has 0 heterocycles. The molecule has 6 nitrogen and oxygen atoms in total. The Labute approximate surface area is 134 Å². The fraction of sp³-hybridized carbons (Fsp3) is 0.235. The van der Waals surface area contributed by atoms with E-state index in [4.69, 9.17) is 15.1 Å². The first-order valence-corrected chi connectivity index (χ1v) is 7.27. The predicted octanol–water partition coefficient (Wildman–Crippen LogP) is 1.22. The van der Waals surface area contributed by atoms with Gasteiger partial charge < -0.3 is 9.84 Å². The van der Waals surface area contributed by atoms with E-state index in [9.17, 15) is 4.79 Å². The van der Waals surface area contributed by atoms with Crippen LogP contribution >= 0.6 is 0 Å². The summed E-state index contributed by atoms with van der Waals surface area (Å²) in [6.45, 7) is 0.490. The standard InChI is InChI=1S/C17H20N2O4/c20-11-16(17(21)19-22)18-10-13-6-8-15(9-7-13)23-12-14-4-2-1-3-5-14/h1-9,16,18,20,22H,10-12H2,(H,19,21)/t16-/m0/s1. The molecule has 0 aliphatic carbocycles. The van der Waals surface area contributed by atoms with Crippen molar-refractivity contribution >= 4 is 5.91 Å². The number of benzene rings is 2. The summed E-state index contributed by atoms with van der Waals surface area (Å²) in [6, 6.07) is 16.5. The molecule has 0 unspecified atom stereocenters. The van der Waals surface area contributed by atoms with E-state index >= 15 is 0 Å². The second kappa shape index (κ2) is 8.89. The van der Waals surface area contributed by atoms with Crippen LogP contribution in [0, 0.1) is 0 Å². The van der Waals surface area contributed by atoms with Crippen LogP contribution in [-0.2, 0) is 17.9 Å². The van der Waals surface area contributed by atoms with Gasteiger partial charge in [0.15, 0.2) is 0 Å². The van der Waals surface area contributed by atoms with Crippen molar-refractivity contribution in [3.05, 3.63) is 65.7 Å². The van der Waals surface area contributed by atoms with Crippen molar-refractivity contribution < 1.29 is 19.8 Å². The summed E-state index contributed by atoms with van der Waals surface area (Å²) in [5, 5.41) is 20.5. The summed E-state index contributed by atoms with van der Waals surface area (Å²) in [7, 11) is 0. The number of nitrogens with one attached hydrogen (secondary N) is 2. The van der Waals surface area contributed by atoms with E-state index in [0.717, 1.165) is 16.9 Å². The Morgan fingerprint density at radius 3 is 2.35 bits per heavy atom. The van der Waals surface area contributed by atoms with Crippen LogP contribution in [0.5, 0.6) is 5.75 Å². The minimum Gasteiger partial charge on any atom is -0.489 e. The molecule has 0 aliphatic rings. The van der Waals surface area contributed by atoms with Gasteiger partial charge in [0, 0.05) is 6.54 Å². The molecule has 0 fully saturated rings. The second-order valence-corrected chi connectivity index (χ2v) is 5.01. The van der Waals surface area contributed by atoms with E-state index in [1.54, 1.807) is 0 Å². The number of rotatable bonds is 8. The largest absolute Gasteiger partial charge is 0.489 e. The Hall–Kier alpha value is -2.41. The number of aliphatic hydroxyl groups is 1. The number of carbonyl (C=O) groups is 1. The summed E-state index contributed by atoms with van der Waals surface area (Å²) in [6.07, 6.45) is 0. The van der Waals surface area contributed by atoms with Crippen LogP contribution in [0.1, 0.15) is 11.1 Å². The van der Waals surface area contributed by atoms with Crippen LogP contribution in [0.15, 0.2) is 54.6 Å². The third-order valence-electron chi connectivity index (χ3n) is 3.33. The molecule has 0 aromatic heterocycles. The topological polar surface area (TPSA) is 90.8 Å². The van der Waals surface area contributed by atoms with E-state index < -0.39 is 18.6 Å². The number of carbonyl (C=O) groups excluding carboxylic acids is 1. The predicted molar refractivity (Wildman–Crippen MR) is 84.9 cm³/mol. The highest BCUT2D eigenvalue weighted by atomic mass is 16.5. The lowest BCUT2D eigenvalue weighted by molar-refractivity contribution is -0.132. The van der Waals surface area contributed by atoms with Crippen molar-refractivity contribution in [1.29, 1.82) is 0 Å². The number of amides is 1. The highest BCUT2D eigenvalue weighted by molar-refractivity contribution is 5.80. The van der Waals surface area contributed by atoms with Gasteiger partial charge in [-0.15, -0.1) is 0 Å². The maximum Gasteiger partial charge on any atom is 0.262 e. The third kappa shape index (κ3) is 5.37. The molecule has 1 atom stereocenters. The third-order valence-corrected chi connectivity index (χ3v) is 3.33. The molecule has 0 saturated heterocycles. The van der Waals surface area contributed by atoms with E-state index in [1.165, 1.54) is 5.48 Å². The van der Waals surface area contributed by atoms with Gasteiger partial charge in [0.05, 0.1) is 6.61 Å². The molecule has 6 heteroatoms. The quantitative estimate of drug-likeness (QED) is 0.434. The summed E-state index contributed by atoms with van der Waals surface area (Å²) in [5.41, 5.74) is 3.54. The number of hydrogen-bond acceptors (Lipinski definition) is 5. The van der Waals surface area contributed by atoms with Crippen molar-refractivity contribution in [2.24, 2.45) is 0 Å². The highest BCUT2D eigenvalue weighted by Crippen LogP contribution is 2.14. The molecule has 0 saturated carbocycles. The molecule has 122 valence electrons. The van der Waals surface area contributed by atoms with Gasteiger partial charge in [-0.1, -0.05) is 42.5 Å². The lowest BCUT2D eigenvalue weighted by Gasteiger charge is -2.14. The van der Waals surface area contributed by atoms with Gasteiger partial charge in [0.2, 0.25) is 0 Å². The lowest BCUT2D eigenvalue weighted by Crippen LogP contribution is -2.45. The average Bonchev–Trinajstić information content (AvgIpc) is 2.62. The van der Waals surface area contributed by atoms with Gasteiger partial charge in [-0.2, -0.15) is 0 Å². The van der Waals surface area contributed by atoms with Gasteiger partial charge in [0.25, 0.3) is 5.91 Å². The monoisotopic (exact) mass is 316 g/mol. The highest BCUT2D eigenvalue weighted by Gasteiger charge is 2.15. The molecule has 0 spiro atoms. The fourth-order valence-electron chi connectivity index (χ4n) is 2.00. The minimum absolute atomic E-state index is 0.387. The molecular weight excluding hydrogens is 296 g/mol. The van der Waals surface area contributed by atoms with Crippen LogP contribution in [0.25, 0.3) is 0 Å². The molecule has 1 amide bonds. The van der Waals surface area contributed by atoms with Crippen molar-refractivity contribution in [1.82, 2.24) is 10.8 Å². The van der Waals surface area contributed by atoms with E-state index in [0.29, 0.717) is 13.2 Å². The van der Waals surface area contributed by atoms with Gasteiger partial charge >= 0.3 is 0 Å². The van der Waals surface area contributed by atoms with Gasteiger partial charge in [-0.05, 0) is 23.3 Å². The minimum atomic E-state index is -0.853. The number of hydrogen-bond donors (Lipinski definition) is 4. The molecule has 2 aromatic rings. The van der Waals surface area contributed by atoms with Crippen LogP contribution in [0.4, 0.5) is 0 Å². The normalized spacial score (nSPS) is 11.7. The smallest absolute Gasteiger partial charge is 0.262 e. The van der Waals surface area contributed by atoms with Crippen LogP contribution < -0.4 is 15.5 Å². The van der Waals surface area contributed by atoms with E-state index in [1.807, 2.05) is 54.6 Å². The van der Waals surface area contributed by atoms with Crippen LogP contribution in [-0.4, -0.2) is 28.9 Å². The van der Waals surface area contributed by atoms with Crippen molar-refractivity contribution in [3.8, 4) is 5.75 Å². The zero-order valence-corrected chi connectivity index (χ0v) is 12.6.